The molecular formula is C17H18FN3O4. The summed E-state index contributed by atoms with van der Waals surface area (Å²) in [6, 6.07) is 7.21. The van der Waals surface area contributed by atoms with Crippen molar-refractivity contribution in [3.05, 3.63) is 42.5 Å². The largest absolute Gasteiger partial charge is 0.481 e. The molecule has 0 saturated carbocycles. The zero-order chi connectivity index (χ0) is 17.9. The molecule has 25 heavy (non-hydrogen) atoms. The molecule has 2 heterocycles. The Labute approximate surface area is 144 Å². The van der Waals surface area contributed by atoms with Crippen LogP contribution in [0.5, 0.6) is 11.6 Å². The van der Waals surface area contributed by atoms with E-state index in [9.17, 15) is 14.3 Å². The molecule has 0 amide bonds. The van der Waals surface area contributed by atoms with Crippen LogP contribution in [0.1, 0.15) is 12.8 Å². The summed E-state index contributed by atoms with van der Waals surface area (Å²) in [5.41, 5.74) is -1.39. The maximum absolute atomic E-state index is 13.3. The highest BCUT2D eigenvalue weighted by Crippen LogP contribution is 2.31. The maximum Gasteiger partial charge on any atom is 0.348 e. The van der Waals surface area contributed by atoms with E-state index in [2.05, 4.69) is 9.97 Å². The van der Waals surface area contributed by atoms with Crippen LogP contribution in [0.25, 0.3) is 0 Å². The van der Waals surface area contributed by atoms with Crippen LogP contribution in [0.4, 0.5) is 10.2 Å². The number of aliphatic carboxylic acids is 1. The first-order chi connectivity index (χ1) is 12.0. The predicted octanol–water partition coefficient (Wildman–Crippen LogP) is 2.13. The van der Waals surface area contributed by atoms with E-state index in [4.69, 9.17) is 9.47 Å². The summed E-state index contributed by atoms with van der Waals surface area (Å²) in [6.45, 7) is 0.865. The molecule has 0 aliphatic carbocycles. The molecule has 1 N–H and O–H groups in total. The lowest BCUT2D eigenvalue weighted by molar-refractivity contribution is -0.157. The summed E-state index contributed by atoms with van der Waals surface area (Å²) in [5.74, 6) is -0.215. The van der Waals surface area contributed by atoms with E-state index in [-0.39, 0.29) is 18.6 Å². The number of anilines is 1. The number of hydrogen-bond acceptors (Lipinski definition) is 6. The van der Waals surface area contributed by atoms with Gasteiger partial charge in [-0.1, -0.05) is 6.07 Å². The minimum atomic E-state index is -1.39. The number of carboxylic acid groups (broad SMARTS) is 1. The van der Waals surface area contributed by atoms with Crippen molar-refractivity contribution >= 4 is 11.8 Å². The molecule has 3 rings (SSSR count). The van der Waals surface area contributed by atoms with E-state index < -0.39 is 17.4 Å². The van der Waals surface area contributed by atoms with Gasteiger partial charge in [0.15, 0.2) is 0 Å². The van der Waals surface area contributed by atoms with Crippen molar-refractivity contribution in [2.75, 3.05) is 25.1 Å². The topological polar surface area (TPSA) is 84.8 Å². The molecule has 1 aromatic carbocycles. The minimum absolute atomic E-state index is 0.208. The van der Waals surface area contributed by atoms with Gasteiger partial charge in [0.25, 0.3) is 0 Å². The lowest BCUT2D eigenvalue weighted by Crippen LogP contribution is -2.53. The smallest absolute Gasteiger partial charge is 0.348 e. The van der Waals surface area contributed by atoms with Crippen molar-refractivity contribution in [2.45, 2.75) is 18.4 Å². The first-order valence-electron chi connectivity index (χ1n) is 7.81. The normalized spacial score (nSPS) is 16.3. The van der Waals surface area contributed by atoms with Crippen LogP contribution in [0.3, 0.4) is 0 Å². The van der Waals surface area contributed by atoms with E-state index >= 15 is 0 Å². The van der Waals surface area contributed by atoms with Gasteiger partial charge in [-0.05, 0) is 12.1 Å². The first-order valence-corrected chi connectivity index (χ1v) is 7.81. The Bertz CT molecular complexity index is 763. The van der Waals surface area contributed by atoms with E-state index in [0.29, 0.717) is 24.8 Å². The summed E-state index contributed by atoms with van der Waals surface area (Å²) < 4.78 is 24.1. The van der Waals surface area contributed by atoms with Gasteiger partial charge in [-0.3, -0.25) is 0 Å². The van der Waals surface area contributed by atoms with Gasteiger partial charge in [-0.2, -0.15) is 0 Å². The molecule has 8 heteroatoms. The fourth-order valence-corrected chi connectivity index (χ4v) is 2.83. The highest BCUT2D eigenvalue weighted by Gasteiger charge is 2.44. The number of rotatable bonds is 5. The monoisotopic (exact) mass is 347 g/mol. The van der Waals surface area contributed by atoms with Gasteiger partial charge in [0.1, 0.15) is 23.7 Å². The Hall–Kier alpha value is -2.90. The lowest BCUT2D eigenvalue weighted by Gasteiger charge is -2.39. The number of hydrogen-bond donors (Lipinski definition) is 1. The average molecular weight is 347 g/mol. The summed E-state index contributed by atoms with van der Waals surface area (Å²) >= 11 is 0. The molecule has 1 aliphatic rings. The second-order valence-corrected chi connectivity index (χ2v) is 5.76. The van der Waals surface area contributed by atoms with Crippen LogP contribution < -0.4 is 14.4 Å². The zero-order valence-electron chi connectivity index (χ0n) is 13.7. The van der Waals surface area contributed by atoms with Crippen LogP contribution in [-0.4, -0.2) is 46.8 Å². The van der Waals surface area contributed by atoms with E-state index in [1.807, 2.05) is 4.90 Å². The minimum Gasteiger partial charge on any atom is -0.481 e. The van der Waals surface area contributed by atoms with Crippen molar-refractivity contribution in [2.24, 2.45) is 0 Å². The van der Waals surface area contributed by atoms with Crippen molar-refractivity contribution in [1.29, 1.82) is 0 Å². The number of piperidine rings is 1. The fraction of sp³-hybridized carbons (Fsp3) is 0.353. The van der Waals surface area contributed by atoms with Crippen molar-refractivity contribution in [1.82, 2.24) is 9.97 Å². The number of halogens is 1. The lowest BCUT2D eigenvalue weighted by atomic mass is 9.91. The highest BCUT2D eigenvalue weighted by atomic mass is 19.1. The van der Waals surface area contributed by atoms with Crippen LogP contribution in [0.2, 0.25) is 0 Å². The van der Waals surface area contributed by atoms with Gasteiger partial charge in [0.05, 0.1) is 7.11 Å². The average Bonchev–Trinajstić information content (AvgIpc) is 2.62. The number of nitrogens with zero attached hydrogens (tertiary/aromatic N) is 3. The molecule has 132 valence electrons. The second kappa shape index (κ2) is 6.92. The summed E-state index contributed by atoms with van der Waals surface area (Å²) in [7, 11) is 1.52. The Balaban J connectivity index is 1.75. The second-order valence-electron chi connectivity index (χ2n) is 5.76. The number of methoxy groups -OCH3 is 1. The standard InChI is InChI=1S/C17H18FN3O4/c1-24-15-10-14(19-11-20-15)21-7-5-17(6-8-21,16(22)23)25-13-4-2-3-12(18)9-13/h2-4,9-11H,5-8H2,1H3,(H,22,23). The number of aromatic nitrogens is 2. The maximum atomic E-state index is 13.3. The third kappa shape index (κ3) is 3.62. The Morgan fingerprint density at radius 1 is 1.28 bits per heavy atom. The van der Waals surface area contributed by atoms with Gasteiger partial charge in [0.2, 0.25) is 11.5 Å². The van der Waals surface area contributed by atoms with E-state index in [1.54, 1.807) is 12.1 Å². The Morgan fingerprint density at radius 3 is 2.68 bits per heavy atom. The van der Waals surface area contributed by atoms with Gasteiger partial charge >= 0.3 is 5.97 Å². The molecule has 0 spiro atoms. The molecule has 1 saturated heterocycles. The van der Waals surface area contributed by atoms with Gasteiger partial charge in [-0.15, -0.1) is 0 Å². The molecule has 1 fully saturated rings. The van der Waals surface area contributed by atoms with Crippen LogP contribution in [0, 0.1) is 5.82 Å². The Morgan fingerprint density at radius 2 is 2.04 bits per heavy atom. The predicted molar refractivity (Wildman–Crippen MR) is 87.4 cm³/mol. The van der Waals surface area contributed by atoms with Gasteiger partial charge < -0.3 is 19.5 Å². The fourth-order valence-electron chi connectivity index (χ4n) is 2.83. The highest BCUT2D eigenvalue weighted by molar-refractivity contribution is 5.78. The number of carboxylic acids is 1. The number of carbonyl (C=O) groups is 1. The SMILES string of the molecule is COc1cc(N2CCC(Oc3cccc(F)c3)(C(=O)O)CC2)ncn1. The molecule has 0 radical (unpaired) electrons. The quantitative estimate of drug-likeness (QED) is 0.887. The molecule has 0 atom stereocenters. The third-order valence-corrected chi connectivity index (χ3v) is 4.23. The van der Waals surface area contributed by atoms with Crippen molar-refractivity contribution < 1.29 is 23.8 Å². The molecule has 1 aliphatic heterocycles. The molecule has 2 aromatic rings. The third-order valence-electron chi connectivity index (χ3n) is 4.23. The molecule has 1 aromatic heterocycles. The molecule has 0 unspecified atom stereocenters. The summed E-state index contributed by atoms with van der Waals surface area (Å²) in [6.07, 6.45) is 1.88. The number of benzene rings is 1. The number of ether oxygens (including phenoxy) is 2. The van der Waals surface area contributed by atoms with Crippen molar-refractivity contribution in [3.8, 4) is 11.6 Å². The van der Waals surface area contributed by atoms with Crippen molar-refractivity contribution in [3.63, 3.8) is 0 Å². The molecule has 0 bridgehead atoms. The molecular weight excluding hydrogens is 329 g/mol. The summed E-state index contributed by atoms with van der Waals surface area (Å²) in [4.78, 5) is 21.9. The van der Waals surface area contributed by atoms with E-state index in [1.165, 1.54) is 31.6 Å². The van der Waals surface area contributed by atoms with Gasteiger partial charge in [-0.25, -0.2) is 19.2 Å². The first kappa shape index (κ1) is 16.9. The van der Waals surface area contributed by atoms with Gasteiger partial charge in [0, 0.05) is 38.1 Å². The van der Waals surface area contributed by atoms with Crippen LogP contribution in [-0.2, 0) is 4.79 Å². The zero-order valence-corrected chi connectivity index (χ0v) is 13.7. The van der Waals surface area contributed by atoms with Crippen LogP contribution >= 0.6 is 0 Å². The Kier molecular flexibility index (Phi) is 4.69. The summed E-state index contributed by atoms with van der Waals surface area (Å²) in [5, 5.41) is 9.68. The molecule has 7 nitrogen and oxygen atoms in total. The van der Waals surface area contributed by atoms with Crippen LogP contribution in [0.15, 0.2) is 36.7 Å². The van der Waals surface area contributed by atoms with E-state index in [0.717, 1.165) is 0 Å².